The summed E-state index contributed by atoms with van der Waals surface area (Å²) in [5, 5.41) is 15.2. The molecular weight excluding hydrogens is 242 g/mol. The Hall–Kier alpha value is -1.66. The topological polar surface area (TPSA) is 64.9 Å². The highest BCUT2D eigenvalue weighted by Crippen LogP contribution is 2.13. The average molecular weight is 254 g/mol. The Morgan fingerprint density at radius 2 is 2.29 bits per heavy atom. The molecule has 7 heteroatoms. The first-order chi connectivity index (χ1) is 8.28. The molecule has 2 rings (SSSR count). The lowest BCUT2D eigenvalue weighted by Gasteiger charge is -2.01. The first kappa shape index (κ1) is 11.8. The Morgan fingerprint density at radius 1 is 1.41 bits per heavy atom. The molecule has 0 bridgehead atoms. The highest BCUT2D eigenvalue weighted by molar-refractivity contribution is 6.29. The van der Waals surface area contributed by atoms with Gasteiger partial charge in [0.15, 0.2) is 11.0 Å². The Kier molecular flexibility index (Phi) is 3.89. The maximum absolute atomic E-state index is 5.64. The molecule has 0 aliphatic carbocycles. The second-order valence-electron chi connectivity index (χ2n) is 3.35. The van der Waals surface area contributed by atoms with Gasteiger partial charge < -0.3 is 10.1 Å². The average Bonchev–Trinajstić information content (AvgIpc) is 2.77. The van der Waals surface area contributed by atoms with Gasteiger partial charge in [0.1, 0.15) is 0 Å². The zero-order valence-electron chi connectivity index (χ0n) is 9.30. The van der Waals surface area contributed by atoms with Crippen LogP contribution in [0, 0.1) is 0 Å². The number of nitrogens with one attached hydrogen (secondary N) is 1. The summed E-state index contributed by atoms with van der Waals surface area (Å²) in [6, 6.07) is 3.42. The van der Waals surface area contributed by atoms with Crippen LogP contribution < -0.4 is 5.32 Å². The van der Waals surface area contributed by atoms with Gasteiger partial charge in [-0.3, -0.25) is 4.68 Å². The molecule has 0 saturated carbocycles. The molecule has 0 fully saturated rings. The Morgan fingerprint density at radius 3 is 3.00 bits per heavy atom. The van der Waals surface area contributed by atoms with Crippen molar-refractivity contribution in [2.45, 2.75) is 6.54 Å². The molecule has 0 atom stereocenters. The lowest BCUT2D eigenvalue weighted by Crippen LogP contribution is -2.04. The minimum Gasteiger partial charge on any atom is -0.383 e. The molecule has 0 aliphatic heterocycles. The molecule has 0 radical (unpaired) electrons. The zero-order valence-corrected chi connectivity index (χ0v) is 10.1. The third-order valence-electron chi connectivity index (χ3n) is 2.06. The van der Waals surface area contributed by atoms with Crippen molar-refractivity contribution < 1.29 is 4.74 Å². The molecule has 2 aromatic rings. The van der Waals surface area contributed by atoms with E-state index in [0.29, 0.717) is 24.1 Å². The minimum absolute atomic E-state index is 0.367. The number of aromatic nitrogens is 4. The number of ether oxygens (including phenoxy) is 1. The molecule has 2 heterocycles. The van der Waals surface area contributed by atoms with Gasteiger partial charge in [0, 0.05) is 13.3 Å². The van der Waals surface area contributed by atoms with Gasteiger partial charge in [-0.25, -0.2) is 0 Å². The SMILES string of the molecule is COCCn1cc(Nc2ccc(Cl)nn2)cn1. The van der Waals surface area contributed by atoms with E-state index in [2.05, 4.69) is 20.6 Å². The molecule has 17 heavy (non-hydrogen) atoms. The fourth-order valence-electron chi connectivity index (χ4n) is 1.27. The van der Waals surface area contributed by atoms with E-state index in [1.165, 1.54) is 0 Å². The summed E-state index contributed by atoms with van der Waals surface area (Å²) in [5.74, 6) is 0.626. The van der Waals surface area contributed by atoms with Crippen molar-refractivity contribution >= 4 is 23.1 Å². The van der Waals surface area contributed by atoms with Gasteiger partial charge in [-0.2, -0.15) is 5.10 Å². The fraction of sp³-hybridized carbons (Fsp3) is 0.300. The van der Waals surface area contributed by atoms with E-state index in [0.717, 1.165) is 5.69 Å². The number of halogens is 1. The standard InChI is InChI=1S/C10H12ClN5O/c1-17-5-4-16-7-8(6-12-16)13-10-3-2-9(11)14-15-10/h2-3,6-7H,4-5H2,1H3,(H,13,15). The van der Waals surface area contributed by atoms with Crippen LogP contribution in [-0.4, -0.2) is 33.7 Å². The lowest BCUT2D eigenvalue weighted by molar-refractivity contribution is 0.183. The van der Waals surface area contributed by atoms with Crippen molar-refractivity contribution in [2.75, 3.05) is 19.0 Å². The summed E-state index contributed by atoms with van der Waals surface area (Å²) < 4.78 is 6.76. The normalized spacial score (nSPS) is 10.5. The van der Waals surface area contributed by atoms with Crippen LogP contribution in [0.15, 0.2) is 24.5 Å². The molecule has 0 spiro atoms. The molecule has 6 nitrogen and oxygen atoms in total. The predicted octanol–water partition coefficient (Wildman–Crippen LogP) is 1.72. The summed E-state index contributed by atoms with van der Waals surface area (Å²) in [6.45, 7) is 1.34. The van der Waals surface area contributed by atoms with E-state index in [9.17, 15) is 0 Å². The summed E-state index contributed by atoms with van der Waals surface area (Å²) in [5.41, 5.74) is 0.845. The van der Waals surface area contributed by atoms with Crippen molar-refractivity contribution in [1.29, 1.82) is 0 Å². The maximum atomic E-state index is 5.64. The van der Waals surface area contributed by atoms with Crippen LogP contribution in [0.1, 0.15) is 0 Å². The fourth-order valence-corrected chi connectivity index (χ4v) is 1.37. The summed E-state index contributed by atoms with van der Waals surface area (Å²) in [6.07, 6.45) is 3.58. The minimum atomic E-state index is 0.367. The Bertz CT molecular complexity index is 470. The quantitative estimate of drug-likeness (QED) is 0.879. The second kappa shape index (κ2) is 5.60. The molecule has 0 amide bonds. The van der Waals surface area contributed by atoms with Gasteiger partial charge >= 0.3 is 0 Å². The highest BCUT2D eigenvalue weighted by atomic mass is 35.5. The Balaban J connectivity index is 1.98. The van der Waals surface area contributed by atoms with E-state index >= 15 is 0 Å². The van der Waals surface area contributed by atoms with Gasteiger partial charge in [-0.1, -0.05) is 11.6 Å². The zero-order chi connectivity index (χ0) is 12.1. The first-order valence-corrected chi connectivity index (χ1v) is 5.43. The monoisotopic (exact) mass is 253 g/mol. The van der Waals surface area contributed by atoms with Crippen molar-refractivity contribution in [3.8, 4) is 0 Å². The number of anilines is 2. The number of rotatable bonds is 5. The summed E-state index contributed by atoms with van der Waals surface area (Å²) in [4.78, 5) is 0. The molecular formula is C10H12ClN5O. The lowest BCUT2D eigenvalue weighted by atomic mass is 10.5. The second-order valence-corrected chi connectivity index (χ2v) is 3.74. The third kappa shape index (κ3) is 3.40. The molecule has 0 unspecified atom stereocenters. The molecule has 0 aliphatic rings. The summed E-state index contributed by atoms with van der Waals surface area (Å²) in [7, 11) is 1.66. The summed E-state index contributed by atoms with van der Waals surface area (Å²) >= 11 is 5.64. The smallest absolute Gasteiger partial charge is 0.153 e. The van der Waals surface area contributed by atoms with Gasteiger partial charge in [0.2, 0.25) is 0 Å². The largest absolute Gasteiger partial charge is 0.383 e. The van der Waals surface area contributed by atoms with Gasteiger partial charge in [-0.05, 0) is 12.1 Å². The van der Waals surface area contributed by atoms with Crippen molar-refractivity contribution in [3.05, 3.63) is 29.7 Å². The molecule has 90 valence electrons. The van der Waals surface area contributed by atoms with Gasteiger partial charge in [0.25, 0.3) is 0 Å². The van der Waals surface area contributed by atoms with Crippen molar-refractivity contribution in [2.24, 2.45) is 0 Å². The van der Waals surface area contributed by atoms with Crippen molar-refractivity contribution in [1.82, 2.24) is 20.0 Å². The predicted molar refractivity (Wildman–Crippen MR) is 64.4 cm³/mol. The highest BCUT2D eigenvalue weighted by Gasteiger charge is 2.00. The van der Waals surface area contributed by atoms with Crippen LogP contribution in [-0.2, 0) is 11.3 Å². The van der Waals surface area contributed by atoms with E-state index in [1.807, 2.05) is 6.20 Å². The van der Waals surface area contributed by atoms with E-state index in [4.69, 9.17) is 16.3 Å². The van der Waals surface area contributed by atoms with Crippen LogP contribution in [0.3, 0.4) is 0 Å². The van der Waals surface area contributed by atoms with Crippen LogP contribution in [0.2, 0.25) is 5.15 Å². The van der Waals surface area contributed by atoms with Gasteiger partial charge in [0.05, 0.1) is 25.0 Å². The van der Waals surface area contributed by atoms with E-state index < -0.39 is 0 Å². The molecule has 0 saturated heterocycles. The first-order valence-electron chi connectivity index (χ1n) is 5.05. The molecule has 0 aromatic carbocycles. The number of hydrogen-bond acceptors (Lipinski definition) is 5. The van der Waals surface area contributed by atoms with Crippen LogP contribution in [0.5, 0.6) is 0 Å². The molecule has 2 aromatic heterocycles. The number of nitrogens with zero attached hydrogens (tertiary/aromatic N) is 4. The molecule has 1 N–H and O–H groups in total. The third-order valence-corrected chi connectivity index (χ3v) is 2.26. The number of hydrogen-bond donors (Lipinski definition) is 1. The van der Waals surface area contributed by atoms with Gasteiger partial charge in [-0.15, -0.1) is 10.2 Å². The Labute approximate surface area is 104 Å². The van der Waals surface area contributed by atoms with Crippen LogP contribution >= 0.6 is 11.6 Å². The van der Waals surface area contributed by atoms with Crippen LogP contribution in [0.4, 0.5) is 11.5 Å². The van der Waals surface area contributed by atoms with E-state index in [1.54, 1.807) is 30.1 Å². The maximum Gasteiger partial charge on any atom is 0.153 e. The van der Waals surface area contributed by atoms with Crippen molar-refractivity contribution in [3.63, 3.8) is 0 Å². The van der Waals surface area contributed by atoms with E-state index in [-0.39, 0.29) is 0 Å². The van der Waals surface area contributed by atoms with Crippen LogP contribution in [0.25, 0.3) is 0 Å². The number of methoxy groups -OCH3 is 1.